The smallest absolute Gasteiger partial charge is 0.216 e. The second-order valence-electron chi connectivity index (χ2n) is 3.49. The highest BCUT2D eigenvalue weighted by molar-refractivity contribution is 5.08. The van der Waals surface area contributed by atoms with E-state index in [1.807, 2.05) is 7.05 Å². The molecule has 1 rings (SSSR count). The van der Waals surface area contributed by atoms with Gasteiger partial charge in [0.25, 0.3) is 0 Å². The van der Waals surface area contributed by atoms with Crippen molar-refractivity contribution in [3.8, 4) is 5.88 Å². The molecule has 0 radical (unpaired) electrons. The lowest BCUT2D eigenvalue weighted by molar-refractivity contribution is 0.392. The Kier molecular flexibility index (Phi) is 5.04. The molecule has 0 aliphatic carbocycles. The highest BCUT2D eigenvalue weighted by atomic mass is 16.5. The Morgan fingerprint density at radius 3 is 2.93 bits per heavy atom. The van der Waals surface area contributed by atoms with Crippen LogP contribution in [0.25, 0.3) is 0 Å². The summed E-state index contributed by atoms with van der Waals surface area (Å²) >= 11 is 0. The van der Waals surface area contributed by atoms with Crippen LogP contribution in [0.15, 0.2) is 12.3 Å². The molecule has 1 aromatic rings. The van der Waals surface area contributed by atoms with Gasteiger partial charge in [-0.25, -0.2) is 4.98 Å². The van der Waals surface area contributed by atoms with E-state index in [1.165, 1.54) is 0 Å². The third kappa shape index (κ3) is 3.83. The molecule has 0 bridgehead atoms. The number of aromatic nitrogens is 2. The molecule has 15 heavy (non-hydrogen) atoms. The van der Waals surface area contributed by atoms with Crippen LogP contribution in [0.4, 0.5) is 0 Å². The van der Waals surface area contributed by atoms with Gasteiger partial charge >= 0.3 is 0 Å². The topological polar surface area (TPSA) is 47.0 Å². The maximum Gasteiger partial charge on any atom is 0.216 e. The molecular formula is C11H19N3O. The standard InChI is InChI=1S/C11H19N3O/c1-4-5-9(12-2)8-10-13-7-6-11(14-10)15-3/h6-7,9,12H,4-5,8H2,1-3H3. The monoisotopic (exact) mass is 209 g/mol. The van der Waals surface area contributed by atoms with Crippen LogP contribution in [0, 0.1) is 0 Å². The van der Waals surface area contributed by atoms with Crippen LogP contribution in [0.2, 0.25) is 0 Å². The first kappa shape index (κ1) is 11.9. The average Bonchev–Trinajstić information content (AvgIpc) is 2.29. The van der Waals surface area contributed by atoms with Crippen LogP contribution < -0.4 is 10.1 Å². The third-order valence-corrected chi connectivity index (χ3v) is 2.36. The van der Waals surface area contributed by atoms with Gasteiger partial charge in [-0.15, -0.1) is 0 Å². The Labute approximate surface area is 91.1 Å². The molecule has 0 aliphatic rings. The van der Waals surface area contributed by atoms with E-state index >= 15 is 0 Å². The molecule has 0 aliphatic heterocycles. The van der Waals surface area contributed by atoms with E-state index in [1.54, 1.807) is 19.4 Å². The molecule has 4 nitrogen and oxygen atoms in total. The van der Waals surface area contributed by atoms with E-state index in [2.05, 4.69) is 22.2 Å². The molecular weight excluding hydrogens is 190 g/mol. The Morgan fingerprint density at radius 2 is 2.33 bits per heavy atom. The van der Waals surface area contributed by atoms with E-state index in [9.17, 15) is 0 Å². The van der Waals surface area contributed by atoms with Crippen LogP contribution in [0.5, 0.6) is 5.88 Å². The summed E-state index contributed by atoms with van der Waals surface area (Å²) in [5, 5.41) is 3.27. The summed E-state index contributed by atoms with van der Waals surface area (Å²) in [4.78, 5) is 8.51. The summed E-state index contributed by atoms with van der Waals surface area (Å²) in [5.74, 6) is 1.47. The van der Waals surface area contributed by atoms with Gasteiger partial charge in [0, 0.05) is 24.7 Å². The van der Waals surface area contributed by atoms with E-state index in [0.717, 1.165) is 25.1 Å². The molecule has 0 amide bonds. The third-order valence-electron chi connectivity index (χ3n) is 2.36. The van der Waals surface area contributed by atoms with Gasteiger partial charge in [-0.2, -0.15) is 4.98 Å². The van der Waals surface area contributed by atoms with E-state index in [0.29, 0.717) is 11.9 Å². The Hall–Kier alpha value is -1.16. The van der Waals surface area contributed by atoms with Crippen LogP contribution in [0.3, 0.4) is 0 Å². The van der Waals surface area contributed by atoms with Crippen LogP contribution in [-0.2, 0) is 6.42 Å². The van der Waals surface area contributed by atoms with Crippen LogP contribution in [-0.4, -0.2) is 30.2 Å². The molecule has 0 fully saturated rings. The summed E-state index contributed by atoms with van der Waals surface area (Å²) in [7, 11) is 3.59. The van der Waals surface area contributed by atoms with Crippen molar-refractivity contribution in [3.05, 3.63) is 18.1 Å². The molecule has 0 spiro atoms. The summed E-state index contributed by atoms with van der Waals surface area (Å²) in [6, 6.07) is 2.21. The number of likely N-dealkylation sites (N-methyl/N-ethyl adjacent to an activating group) is 1. The summed E-state index contributed by atoms with van der Waals surface area (Å²) in [6.07, 6.45) is 4.88. The summed E-state index contributed by atoms with van der Waals surface area (Å²) in [5.41, 5.74) is 0. The van der Waals surface area contributed by atoms with E-state index < -0.39 is 0 Å². The lowest BCUT2D eigenvalue weighted by atomic mass is 10.1. The fraction of sp³-hybridized carbons (Fsp3) is 0.636. The molecule has 0 saturated heterocycles. The molecule has 1 heterocycles. The van der Waals surface area contributed by atoms with Gasteiger partial charge in [0.05, 0.1) is 7.11 Å². The average molecular weight is 209 g/mol. The minimum atomic E-state index is 0.446. The van der Waals surface area contributed by atoms with Crippen LogP contribution >= 0.6 is 0 Å². The van der Waals surface area contributed by atoms with Crippen LogP contribution in [0.1, 0.15) is 25.6 Å². The molecule has 4 heteroatoms. The minimum Gasteiger partial charge on any atom is -0.481 e. The first-order valence-electron chi connectivity index (χ1n) is 5.33. The van der Waals surface area contributed by atoms with Gasteiger partial charge in [0.15, 0.2) is 0 Å². The lowest BCUT2D eigenvalue weighted by Gasteiger charge is -2.13. The highest BCUT2D eigenvalue weighted by Crippen LogP contribution is 2.07. The predicted molar refractivity (Wildman–Crippen MR) is 60.0 cm³/mol. The zero-order valence-electron chi connectivity index (χ0n) is 9.66. The van der Waals surface area contributed by atoms with E-state index in [-0.39, 0.29) is 0 Å². The molecule has 0 saturated carbocycles. The number of ether oxygens (including phenoxy) is 1. The van der Waals surface area contributed by atoms with E-state index in [4.69, 9.17) is 4.74 Å². The number of hydrogen-bond acceptors (Lipinski definition) is 4. The molecule has 0 aromatic carbocycles. The predicted octanol–water partition coefficient (Wildman–Crippen LogP) is 1.42. The Bertz CT molecular complexity index is 291. The van der Waals surface area contributed by atoms with Gasteiger partial charge in [-0.05, 0) is 13.5 Å². The highest BCUT2D eigenvalue weighted by Gasteiger charge is 2.08. The van der Waals surface area contributed by atoms with Crippen molar-refractivity contribution in [3.63, 3.8) is 0 Å². The van der Waals surface area contributed by atoms with Gasteiger partial charge in [-0.1, -0.05) is 13.3 Å². The normalized spacial score (nSPS) is 12.5. The molecule has 1 atom stereocenters. The molecule has 1 unspecified atom stereocenters. The number of nitrogens with zero attached hydrogens (tertiary/aromatic N) is 2. The van der Waals surface area contributed by atoms with Crippen molar-refractivity contribution >= 4 is 0 Å². The van der Waals surface area contributed by atoms with Crippen molar-refractivity contribution in [2.75, 3.05) is 14.2 Å². The fourth-order valence-corrected chi connectivity index (χ4v) is 1.51. The van der Waals surface area contributed by atoms with Gasteiger partial charge < -0.3 is 10.1 Å². The maximum absolute atomic E-state index is 5.06. The lowest BCUT2D eigenvalue weighted by Crippen LogP contribution is -2.28. The summed E-state index contributed by atoms with van der Waals surface area (Å²) in [6.45, 7) is 2.18. The Balaban J connectivity index is 2.61. The van der Waals surface area contributed by atoms with Crippen molar-refractivity contribution in [1.82, 2.24) is 15.3 Å². The largest absolute Gasteiger partial charge is 0.481 e. The first-order chi connectivity index (χ1) is 7.30. The zero-order chi connectivity index (χ0) is 11.1. The number of methoxy groups -OCH3 is 1. The number of nitrogens with one attached hydrogen (secondary N) is 1. The molecule has 1 N–H and O–H groups in total. The fourth-order valence-electron chi connectivity index (χ4n) is 1.51. The SMILES string of the molecule is CCCC(Cc1nccc(OC)n1)NC. The van der Waals surface area contributed by atoms with Gasteiger partial charge in [0.1, 0.15) is 5.82 Å². The van der Waals surface area contributed by atoms with Gasteiger partial charge in [-0.3, -0.25) is 0 Å². The maximum atomic E-state index is 5.06. The van der Waals surface area contributed by atoms with Crippen molar-refractivity contribution in [1.29, 1.82) is 0 Å². The quantitative estimate of drug-likeness (QED) is 0.769. The minimum absolute atomic E-state index is 0.446. The second kappa shape index (κ2) is 6.35. The van der Waals surface area contributed by atoms with Crippen molar-refractivity contribution < 1.29 is 4.74 Å². The second-order valence-corrected chi connectivity index (χ2v) is 3.49. The van der Waals surface area contributed by atoms with Crippen molar-refractivity contribution in [2.45, 2.75) is 32.2 Å². The summed E-state index contributed by atoms with van der Waals surface area (Å²) < 4.78 is 5.06. The number of rotatable bonds is 6. The first-order valence-corrected chi connectivity index (χ1v) is 5.33. The number of hydrogen-bond donors (Lipinski definition) is 1. The van der Waals surface area contributed by atoms with Gasteiger partial charge in [0.2, 0.25) is 5.88 Å². The Morgan fingerprint density at radius 1 is 1.53 bits per heavy atom. The van der Waals surface area contributed by atoms with Crippen molar-refractivity contribution in [2.24, 2.45) is 0 Å². The molecule has 1 aromatic heterocycles. The molecule has 84 valence electrons. The zero-order valence-corrected chi connectivity index (χ0v) is 9.66.